The molecule has 1 N–H and O–H groups in total. The van der Waals surface area contributed by atoms with Gasteiger partial charge in [0.05, 0.1) is 5.56 Å². The van der Waals surface area contributed by atoms with Crippen molar-refractivity contribution < 1.29 is 9.90 Å². The summed E-state index contributed by atoms with van der Waals surface area (Å²) in [6, 6.07) is 5.33. The second-order valence-corrected chi connectivity index (χ2v) is 2.55. The molecular weight excluding hydrogens is 152 g/mol. The van der Waals surface area contributed by atoms with Crippen LogP contribution in [0.4, 0.5) is 0 Å². The third-order valence-electron chi connectivity index (χ3n) is 1.74. The Labute approximate surface area is 71.2 Å². The summed E-state index contributed by atoms with van der Waals surface area (Å²) in [7, 11) is 0. The molecular formula is C10H10O2. The number of carbonyl (C=O) groups is 1. The molecule has 0 heterocycles. The molecule has 0 unspecified atom stereocenters. The van der Waals surface area contributed by atoms with Gasteiger partial charge in [-0.05, 0) is 18.1 Å². The molecule has 0 spiro atoms. The molecule has 0 radical (unpaired) electrons. The topological polar surface area (TPSA) is 37.3 Å². The largest absolute Gasteiger partial charge is 0.478 e. The van der Waals surface area contributed by atoms with Crippen LogP contribution in [0, 0.1) is 6.92 Å². The minimum Gasteiger partial charge on any atom is -0.478 e. The number of aryl methyl sites for hydroxylation is 1. The molecule has 0 saturated carbocycles. The number of carboxylic acid groups (broad SMARTS) is 1. The fourth-order valence-corrected chi connectivity index (χ4v) is 1.15. The fourth-order valence-electron chi connectivity index (χ4n) is 1.15. The fraction of sp³-hybridized carbons (Fsp3) is 0.100. The van der Waals surface area contributed by atoms with Gasteiger partial charge in [0, 0.05) is 0 Å². The standard InChI is InChI=1S/C10H10O2/c1-3-8-6-4-5-7(2)9(8)10(11)12/h3-6H,1H2,2H3,(H,11,12). The van der Waals surface area contributed by atoms with E-state index in [1.165, 1.54) is 0 Å². The summed E-state index contributed by atoms with van der Waals surface area (Å²) in [5.74, 6) is -0.900. The lowest BCUT2D eigenvalue weighted by atomic mass is 10.0. The molecule has 2 nitrogen and oxygen atoms in total. The molecule has 0 aliphatic rings. The normalized spacial score (nSPS) is 9.42. The van der Waals surface area contributed by atoms with Gasteiger partial charge < -0.3 is 5.11 Å². The average molecular weight is 162 g/mol. The van der Waals surface area contributed by atoms with E-state index in [1.54, 1.807) is 25.1 Å². The molecule has 62 valence electrons. The lowest BCUT2D eigenvalue weighted by molar-refractivity contribution is 0.0696. The van der Waals surface area contributed by atoms with Gasteiger partial charge in [-0.25, -0.2) is 4.79 Å². The third-order valence-corrected chi connectivity index (χ3v) is 1.74. The van der Waals surface area contributed by atoms with Gasteiger partial charge >= 0.3 is 5.97 Å². The van der Waals surface area contributed by atoms with Crippen molar-refractivity contribution in [3.05, 3.63) is 41.5 Å². The predicted molar refractivity (Wildman–Crippen MR) is 48.2 cm³/mol. The van der Waals surface area contributed by atoms with Gasteiger partial charge in [-0.15, -0.1) is 0 Å². The van der Waals surface area contributed by atoms with Crippen LogP contribution in [0.25, 0.3) is 6.08 Å². The van der Waals surface area contributed by atoms with Crippen LogP contribution in [0.3, 0.4) is 0 Å². The van der Waals surface area contributed by atoms with Crippen LogP contribution in [0.1, 0.15) is 21.5 Å². The van der Waals surface area contributed by atoms with E-state index in [9.17, 15) is 4.79 Å². The lowest BCUT2D eigenvalue weighted by Gasteiger charge is -2.03. The van der Waals surface area contributed by atoms with Crippen molar-refractivity contribution in [2.24, 2.45) is 0 Å². The van der Waals surface area contributed by atoms with Gasteiger partial charge in [0.1, 0.15) is 0 Å². The Kier molecular flexibility index (Phi) is 2.29. The Balaban J connectivity index is 3.39. The van der Waals surface area contributed by atoms with Crippen molar-refractivity contribution in [2.45, 2.75) is 6.92 Å². The summed E-state index contributed by atoms with van der Waals surface area (Å²) in [4.78, 5) is 10.8. The maximum atomic E-state index is 10.8. The molecule has 0 amide bonds. The lowest BCUT2D eigenvalue weighted by Crippen LogP contribution is -2.02. The van der Waals surface area contributed by atoms with Gasteiger partial charge in [-0.1, -0.05) is 30.9 Å². The summed E-state index contributed by atoms with van der Waals surface area (Å²) < 4.78 is 0. The first-order chi connectivity index (χ1) is 5.66. The molecule has 0 fully saturated rings. The van der Waals surface area contributed by atoms with Gasteiger partial charge in [0.2, 0.25) is 0 Å². The number of carboxylic acids is 1. The second-order valence-electron chi connectivity index (χ2n) is 2.55. The van der Waals surface area contributed by atoms with Crippen molar-refractivity contribution in [3.8, 4) is 0 Å². The summed E-state index contributed by atoms with van der Waals surface area (Å²) in [5, 5.41) is 8.83. The van der Waals surface area contributed by atoms with E-state index in [-0.39, 0.29) is 0 Å². The van der Waals surface area contributed by atoms with E-state index in [2.05, 4.69) is 6.58 Å². The van der Waals surface area contributed by atoms with Gasteiger partial charge in [0.15, 0.2) is 0 Å². The highest BCUT2D eigenvalue weighted by Gasteiger charge is 2.09. The van der Waals surface area contributed by atoms with E-state index in [0.29, 0.717) is 11.1 Å². The maximum Gasteiger partial charge on any atom is 0.336 e. The molecule has 0 atom stereocenters. The van der Waals surface area contributed by atoms with Gasteiger partial charge in [0.25, 0.3) is 0 Å². The minimum atomic E-state index is -0.900. The number of hydrogen-bond acceptors (Lipinski definition) is 1. The number of rotatable bonds is 2. The van der Waals surface area contributed by atoms with Crippen LogP contribution in [-0.2, 0) is 0 Å². The summed E-state index contributed by atoms with van der Waals surface area (Å²) in [6.07, 6.45) is 1.55. The molecule has 0 bridgehead atoms. The van der Waals surface area contributed by atoms with Crippen molar-refractivity contribution in [1.82, 2.24) is 0 Å². The van der Waals surface area contributed by atoms with Crippen molar-refractivity contribution in [3.63, 3.8) is 0 Å². The van der Waals surface area contributed by atoms with Crippen LogP contribution in [0.15, 0.2) is 24.8 Å². The highest BCUT2D eigenvalue weighted by atomic mass is 16.4. The molecule has 0 saturated heterocycles. The summed E-state index contributed by atoms with van der Waals surface area (Å²) >= 11 is 0. The molecule has 12 heavy (non-hydrogen) atoms. The van der Waals surface area contributed by atoms with Crippen LogP contribution in [0.5, 0.6) is 0 Å². The molecule has 0 aromatic heterocycles. The van der Waals surface area contributed by atoms with Crippen LogP contribution >= 0.6 is 0 Å². The van der Waals surface area contributed by atoms with Crippen LogP contribution in [-0.4, -0.2) is 11.1 Å². The van der Waals surface area contributed by atoms with Crippen molar-refractivity contribution >= 4 is 12.0 Å². The molecule has 0 aliphatic carbocycles. The molecule has 1 aromatic carbocycles. The zero-order valence-corrected chi connectivity index (χ0v) is 6.87. The Morgan fingerprint density at radius 1 is 1.58 bits per heavy atom. The minimum absolute atomic E-state index is 0.340. The third kappa shape index (κ3) is 1.37. The Morgan fingerprint density at radius 3 is 2.67 bits per heavy atom. The summed E-state index contributed by atoms with van der Waals surface area (Å²) in [6.45, 7) is 5.33. The number of aromatic carboxylic acids is 1. The average Bonchev–Trinajstić information content (AvgIpc) is 2.03. The Morgan fingerprint density at radius 2 is 2.25 bits per heavy atom. The molecule has 0 aliphatic heterocycles. The van der Waals surface area contributed by atoms with Gasteiger partial charge in [-0.3, -0.25) is 0 Å². The van der Waals surface area contributed by atoms with E-state index < -0.39 is 5.97 Å². The number of hydrogen-bond donors (Lipinski definition) is 1. The smallest absolute Gasteiger partial charge is 0.336 e. The second kappa shape index (κ2) is 3.22. The highest BCUT2D eigenvalue weighted by Crippen LogP contribution is 2.14. The number of benzene rings is 1. The first-order valence-corrected chi connectivity index (χ1v) is 3.62. The first-order valence-electron chi connectivity index (χ1n) is 3.62. The van der Waals surface area contributed by atoms with E-state index in [4.69, 9.17) is 5.11 Å². The van der Waals surface area contributed by atoms with Crippen molar-refractivity contribution in [1.29, 1.82) is 0 Å². The Bertz CT molecular complexity index is 327. The van der Waals surface area contributed by atoms with E-state index >= 15 is 0 Å². The molecule has 1 aromatic rings. The van der Waals surface area contributed by atoms with E-state index in [0.717, 1.165) is 5.56 Å². The first kappa shape index (κ1) is 8.53. The molecule has 2 heteroatoms. The monoisotopic (exact) mass is 162 g/mol. The predicted octanol–water partition coefficient (Wildman–Crippen LogP) is 2.34. The quantitative estimate of drug-likeness (QED) is 0.724. The van der Waals surface area contributed by atoms with Gasteiger partial charge in [-0.2, -0.15) is 0 Å². The zero-order valence-electron chi connectivity index (χ0n) is 6.87. The summed E-state index contributed by atoms with van der Waals surface area (Å²) in [5.41, 5.74) is 1.77. The highest BCUT2D eigenvalue weighted by molar-refractivity contribution is 5.93. The SMILES string of the molecule is C=Cc1cccc(C)c1C(=O)O. The molecule has 1 rings (SSSR count). The van der Waals surface area contributed by atoms with Crippen LogP contribution in [0.2, 0.25) is 0 Å². The Hall–Kier alpha value is -1.57. The van der Waals surface area contributed by atoms with E-state index in [1.807, 2.05) is 6.07 Å². The van der Waals surface area contributed by atoms with Crippen LogP contribution < -0.4 is 0 Å². The zero-order chi connectivity index (χ0) is 9.14. The van der Waals surface area contributed by atoms with Crippen molar-refractivity contribution in [2.75, 3.05) is 0 Å². The maximum absolute atomic E-state index is 10.8.